The summed E-state index contributed by atoms with van der Waals surface area (Å²) in [6.45, 7) is 2.36. The van der Waals surface area contributed by atoms with Gasteiger partial charge in [0.15, 0.2) is 0 Å². The molecular weight excluding hydrogens is 230 g/mol. The van der Waals surface area contributed by atoms with Crippen molar-refractivity contribution in [1.29, 1.82) is 0 Å². The van der Waals surface area contributed by atoms with E-state index in [0.29, 0.717) is 6.54 Å². The molecule has 1 heterocycles. The van der Waals surface area contributed by atoms with Crippen LogP contribution in [-0.4, -0.2) is 15.6 Å². The zero-order chi connectivity index (χ0) is 13.1. The molecule has 2 rings (SSSR count). The number of aryl methyl sites for hydroxylation is 1. The van der Waals surface area contributed by atoms with Crippen molar-refractivity contribution in [3.63, 3.8) is 0 Å². The number of nitrogens with zero attached hydrogens (tertiary/aromatic N) is 1. The monoisotopic (exact) mass is 243 g/mol. The van der Waals surface area contributed by atoms with Crippen LogP contribution in [-0.2, 0) is 6.54 Å². The molecule has 0 aliphatic rings. The first-order valence-electron chi connectivity index (χ1n) is 5.56. The van der Waals surface area contributed by atoms with Gasteiger partial charge < -0.3 is 9.67 Å². The standard InChI is InChI=1S/C14H13NO3/c1-10-4-6-11(7-5-10)9-15-8-2-3-12(13(15)16)14(17)18/h2-8H,9H2,1H3,(H,17,18). The molecule has 0 amide bonds. The van der Waals surface area contributed by atoms with E-state index in [1.54, 1.807) is 12.3 Å². The number of carbonyl (C=O) groups is 1. The number of carboxylic acid groups (broad SMARTS) is 1. The molecule has 0 spiro atoms. The summed E-state index contributed by atoms with van der Waals surface area (Å²) >= 11 is 0. The van der Waals surface area contributed by atoms with Crippen LogP contribution < -0.4 is 5.56 Å². The fourth-order valence-corrected chi connectivity index (χ4v) is 1.71. The Morgan fingerprint density at radius 2 is 1.89 bits per heavy atom. The number of aromatic carboxylic acids is 1. The van der Waals surface area contributed by atoms with E-state index in [1.165, 1.54) is 10.6 Å². The van der Waals surface area contributed by atoms with Crippen molar-refractivity contribution in [3.05, 3.63) is 69.6 Å². The van der Waals surface area contributed by atoms with Gasteiger partial charge in [0.1, 0.15) is 5.56 Å². The molecule has 4 nitrogen and oxygen atoms in total. The average Bonchev–Trinajstić information content (AvgIpc) is 2.34. The first-order chi connectivity index (χ1) is 8.58. The number of pyridine rings is 1. The van der Waals surface area contributed by atoms with Gasteiger partial charge in [0.2, 0.25) is 0 Å². The number of carboxylic acids is 1. The first kappa shape index (κ1) is 12.1. The highest BCUT2D eigenvalue weighted by molar-refractivity contribution is 5.86. The molecule has 0 radical (unpaired) electrons. The normalized spacial score (nSPS) is 10.3. The van der Waals surface area contributed by atoms with Crippen molar-refractivity contribution in [2.45, 2.75) is 13.5 Å². The highest BCUT2D eigenvalue weighted by Gasteiger charge is 2.09. The minimum Gasteiger partial charge on any atom is -0.477 e. The number of hydrogen-bond donors (Lipinski definition) is 1. The maximum absolute atomic E-state index is 11.9. The Labute approximate surface area is 104 Å². The number of rotatable bonds is 3. The largest absolute Gasteiger partial charge is 0.477 e. The van der Waals surface area contributed by atoms with E-state index < -0.39 is 11.5 Å². The molecule has 0 aliphatic carbocycles. The van der Waals surface area contributed by atoms with Gasteiger partial charge in [-0.2, -0.15) is 0 Å². The summed E-state index contributed by atoms with van der Waals surface area (Å²) in [7, 11) is 0. The van der Waals surface area contributed by atoms with E-state index in [4.69, 9.17) is 5.11 Å². The van der Waals surface area contributed by atoms with E-state index in [-0.39, 0.29) is 5.56 Å². The van der Waals surface area contributed by atoms with Gasteiger partial charge in [-0.3, -0.25) is 4.79 Å². The zero-order valence-electron chi connectivity index (χ0n) is 9.96. The number of benzene rings is 1. The lowest BCUT2D eigenvalue weighted by Crippen LogP contribution is -2.25. The lowest BCUT2D eigenvalue weighted by Gasteiger charge is -2.06. The van der Waals surface area contributed by atoms with Gasteiger partial charge in [-0.15, -0.1) is 0 Å². The molecule has 0 bridgehead atoms. The quantitative estimate of drug-likeness (QED) is 0.895. The Kier molecular flexibility index (Phi) is 3.28. The van der Waals surface area contributed by atoms with Crippen LogP contribution in [0.1, 0.15) is 21.5 Å². The molecule has 18 heavy (non-hydrogen) atoms. The van der Waals surface area contributed by atoms with E-state index in [9.17, 15) is 9.59 Å². The Hall–Kier alpha value is -2.36. The van der Waals surface area contributed by atoms with Gasteiger partial charge in [-0.25, -0.2) is 4.79 Å². The van der Waals surface area contributed by atoms with Crippen LogP contribution in [0.4, 0.5) is 0 Å². The van der Waals surface area contributed by atoms with Crippen LogP contribution in [0.15, 0.2) is 47.4 Å². The van der Waals surface area contributed by atoms with Gasteiger partial charge in [-0.1, -0.05) is 29.8 Å². The van der Waals surface area contributed by atoms with Gasteiger partial charge in [0, 0.05) is 6.20 Å². The molecular formula is C14H13NO3. The van der Waals surface area contributed by atoms with Gasteiger partial charge in [-0.05, 0) is 24.6 Å². The van der Waals surface area contributed by atoms with Gasteiger partial charge in [0.25, 0.3) is 5.56 Å². The van der Waals surface area contributed by atoms with Crippen molar-refractivity contribution in [3.8, 4) is 0 Å². The van der Waals surface area contributed by atoms with Crippen molar-refractivity contribution in [2.24, 2.45) is 0 Å². The van der Waals surface area contributed by atoms with Crippen molar-refractivity contribution in [1.82, 2.24) is 4.57 Å². The van der Waals surface area contributed by atoms with E-state index in [0.717, 1.165) is 11.1 Å². The molecule has 2 aromatic rings. The predicted octanol–water partition coefficient (Wildman–Crippen LogP) is 1.90. The van der Waals surface area contributed by atoms with Gasteiger partial charge in [0.05, 0.1) is 6.54 Å². The summed E-state index contributed by atoms with van der Waals surface area (Å²) in [6.07, 6.45) is 1.59. The summed E-state index contributed by atoms with van der Waals surface area (Å²) in [4.78, 5) is 22.7. The molecule has 0 fully saturated rings. The van der Waals surface area contributed by atoms with Crippen LogP contribution in [0.25, 0.3) is 0 Å². The summed E-state index contributed by atoms with van der Waals surface area (Å²) in [5.41, 5.74) is 1.42. The Balaban J connectivity index is 2.35. The van der Waals surface area contributed by atoms with Crippen LogP contribution in [0, 0.1) is 6.92 Å². The molecule has 0 atom stereocenters. The molecule has 4 heteroatoms. The summed E-state index contributed by atoms with van der Waals surface area (Å²) in [5.74, 6) is -1.20. The minimum absolute atomic E-state index is 0.204. The fourth-order valence-electron chi connectivity index (χ4n) is 1.71. The van der Waals surface area contributed by atoms with Crippen LogP contribution in [0.5, 0.6) is 0 Å². The van der Waals surface area contributed by atoms with Crippen LogP contribution in [0.3, 0.4) is 0 Å². The number of aromatic nitrogens is 1. The summed E-state index contributed by atoms with van der Waals surface area (Å²) < 4.78 is 1.40. The topological polar surface area (TPSA) is 59.3 Å². The van der Waals surface area contributed by atoms with E-state index in [2.05, 4.69) is 0 Å². The van der Waals surface area contributed by atoms with Crippen LogP contribution in [0.2, 0.25) is 0 Å². The zero-order valence-corrected chi connectivity index (χ0v) is 9.96. The van der Waals surface area contributed by atoms with Crippen molar-refractivity contribution in [2.75, 3.05) is 0 Å². The maximum Gasteiger partial charge on any atom is 0.341 e. The third kappa shape index (κ3) is 2.48. The molecule has 0 saturated carbocycles. The van der Waals surface area contributed by atoms with Crippen molar-refractivity contribution >= 4 is 5.97 Å². The third-order valence-corrected chi connectivity index (χ3v) is 2.72. The minimum atomic E-state index is -1.20. The average molecular weight is 243 g/mol. The van der Waals surface area contributed by atoms with Crippen LogP contribution >= 0.6 is 0 Å². The molecule has 1 aromatic carbocycles. The molecule has 0 unspecified atom stereocenters. The Morgan fingerprint density at radius 1 is 1.22 bits per heavy atom. The lowest BCUT2D eigenvalue weighted by atomic mass is 10.1. The molecule has 0 saturated heterocycles. The highest BCUT2D eigenvalue weighted by atomic mass is 16.4. The Morgan fingerprint density at radius 3 is 2.50 bits per heavy atom. The smallest absolute Gasteiger partial charge is 0.341 e. The second kappa shape index (κ2) is 4.87. The Bertz CT molecular complexity index is 626. The lowest BCUT2D eigenvalue weighted by molar-refractivity contribution is 0.0694. The summed E-state index contributed by atoms with van der Waals surface area (Å²) in [6, 6.07) is 10.7. The molecule has 92 valence electrons. The predicted molar refractivity (Wildman–Crippen MR) is 67.9 cm³/mol. The van der Waals surface area contributed by atoms with E-state index >= 15 is 0 Å². The first-order valence-corrected chi connectivity index (χ1v) is 5.56. The molecule has 1 aromatic heterocycles. The van der Waals surface area contributed by atoms with E-state index in [1.807, 2.05) is 31.2 Å². The SMILES string of the molecule is Cc1ccc(Cn2cccc(C(=O)O)c2=O)cc1. The second-order valence-corrected chi connectivity index (χ2v) is 4.15. The molecule has 1 N–H and O–H groups in total. The second-order valence-electron chi connectivity index (χ2n) is 4.15. The maximum atomic E-state index is 11.9. The third-order valence-electron chi connectivity index (χ3n) is 2.72. The number of hydrogen-bond acceptors (Lipinski definition) is 2. The summed E-state index contributed by atoms with van der Waals surface area (Å²) in [5, 5.41) is 8.88. The van der Waals surface area contributed by atoms with Gasteiger partial charge >= 0.3 is 5.97 Å². The molecule has 0 aliphatic heterocycles. The van der Waals surface area contributed by atoms with Crippen molar-refractivity contribution < 1.29 is 9.90 Å². The highest BCUT2D eigenvalue weighted by Crippen LogP contribution is 2.04. The fraction of sp³-hybridized carbons (Fsp3) is 0.143.